The van der Waals surface area contributed by atoms with Crippen LogP contribution in [0, 0.1) is 11.3 Å². The van der Waals surface area contributed by atoms with Crippen molar-refractivity contribution in [2.24, 2.45) is 11.7 Å². The highest BCUT2D eigenvalue weighted by Crippen LogP contribution is 2.22. The Bertz CT molecular complexity index is 868. The number of ether oxygens (including phenoxy) is 1. The Kier molecular flexibility index (Phi) is 7.53. The molecule has 1 aromatic carbocycles. The summed E-state index contributed by atoms with van der Waals surface area (Å²) >= 11 is 0. The van der Waals surface area contributed by atoms with E-state index in [4.69, 9.17) is 30.5 Å². The lowest BCUT2D eigenvalue weighted by atomic mass is 9.93. The third kappa shape index (κ3) is 7.13. The van der Waals surface area contributed by atoms with Crippen molar-refractivity contribution in [1.29, 1.82) is 5.41 Å². The second-order valence-corrected chi connectivity index (χ2v) is 6.53. The maximum absolute atomic E-state index is 12.2. The summed E-state index contributed by atoms with van der Waals surface area (Å²) in [6.07, 6.45) is 0.796. The van der Waals surface area contributed by atoms with Crippen LogP contribution in [0.25, 0.3) is 0 Å². The van der Waals surface area contributed by atoms with Gasteiger partial charge in [0, 0.05) is 24.8 Å². The lowest BCUT2D eigenvalue weighted by molar-refractivity contribution is -0.137. The number of amidine groups is 1. The molecule has 0 fully saturated rings. The summed E-state index contributed by atoms with van der Waals surface area (Å²) in [5.74, 6) is -2.22. The van der Waals surface area contributed by atoms with Crippen LogP contribution in [0.1, 0.15) is 47.6 Å². The second-order valence-electron chi connectivity index (χ2n) is 6.53. The van der Waals surface area contributed by atoms with E-state index in [1.165, 1.54) is 18.2 Å². The van der Waals surface area contributed by atoms with Crippen molar-refractivity contribution >= 4 is 23.7 Å². The molecule has 0 saturated carbocycles. The van der Waals surface area contributed by atoms with E-state index >= 15 is 0 Å². The molecule has 9 nitrogen and oxygen atoms in total. The van der Waals surface area contributed by atoms with Crippen molar-refractivity contribution in [3.05, 3.63) is 53.5 Å². The zero-order chi connectivity index (χ0) is 21.4. The van der Waals surface area contributed by atoms with E-state index in [0.29, 0.717) is 30.6 Å². The summed E-state index contributed by atoms with van der Waals surface area (Å²) in [5.41, 5.74) is 5.87. The average molecular weight is 402 g/mol. The first kappa shape index (κ1) is 21.7. The van der Waals surface area contributed by atoms with Crippen LogP contribution in [0.2, 0.25) is 0 Å². The number of carboxylic acid groups (broad SMARTS) is 2. The number of rotatable bonds is 11. The molecule has 0 bridgehead atoms. The van der Waals surface area contributed by atoms with Gasteiger partial charge < -0.3 is 25.1 Å². The van der Waals surface area contributed by atoms with Gasteiger partial charge in [-0.05, 0) is 55.2 Å². The molecule has 0 saturated heterocycles. The number of carbonyl (C=O) groups is 3. The number of nitrogens with one attached hydrogen (secondary N) is 1. The highest BCUT2D eigenvalue weighted by molar-refractivity contribution is 5.95. The van der Waals surface area contributed by atoms with Gasteiger partial charge in [-0.1, -0.05) is 0 Å². The number of nitrogens with two attached hydrogens (primary N) is 1. The topological polar surface area (TPSA) is 164 Å². The molecule has 1 heterocycles. The molecule has 0 aliphatic heterocycles. The number of furan rings is 1. The van der Waals surface area contributed by atoms with Gasteiger partial charge in [-0.3, -0.25) is 15.0 Å². The highest BCUT2D eigenvalue weighted by Gasteiger charge is 2.18. The van der Waals surface area contributed by atoms with Gasteiger partial charge in [0.2, 0.25) is 5.76 Å². The van der Waals surface area contributed by atoms with Gasteiger partial charge in [0.1, 0.15) is 17.3 Å². The lowest BCUT2D eigenvalue weighted by Crippen LogP contribution is -2.11. The fourth-order valence-electron chi connectivity index (χ4n) is 2.75. The third-order valence-electron chi connectivity index (χ3n) is 4.26. The summed E-state index contributed by atoms with van der Waals surface area (Å²) < 4.78 is 10.7. The average Bonchev–Trinajstić information content (AvgIpc) is 3.13. The minimum absolute atomic E-state index is 0.0223. The number of esters is 1. The third-order valence-corrected chi connectivity index (χ3v) is 4.26. The maximum Gasteiger partial charge on any atom is 0.379 e. The fourth-order valence-corrected chi connectivity index (χ4v) is 2.75. The molecule has 0 amide bonds. The SMILES string of the molecule is N=C(N)c1ccc(OC(=O)c2ccc(CC(CCC(=O)O)CCC(=O)O)o2)cc1. The van der Waals surface area contributed by atoms with Gasteiger partial charge in [0.05, 0.1) is 0 Å². The summed E-state index contributed by atoms with van der Waals surface area (Å²) in [4.78, 5) is 33.8. The van der Waals surface area contributed by atoms with E-state index in [2.05, 4.69) is 0 Å². The van der Waals surface area contributed by atoms with Crippen LogP contribution in [0.5, 0.6) is 5.75 Å². The lowest BCUT2D eigenvalue weighted by Gasteiger charge is -2.13. The minimum Gasteiger partial charge on any atom is -0.481 e. The summed E-state index contributed by atoms with van der Waals surface area (Å²) in [5, 5.41) is 25.0. The van der Waals surface area contributed by atoms with Crippen LogP contribution in [-0.2, 0) is 16.0 Å². The number of benzene rings is 1. The zero-order valence-electron chi connectivity index (χ0n) is 15.6. The molecule has 2 rings (SSSR count). The largest absolute Gasteiger partial charge is 0.481 e. The number of carbonyl (C=O) groups excluding carboxylic acids is 1. The van der Waals surface area contributed by atoms with Gasteiger partial charge >= 0.3 is 17.9 Å². The van der Waals surface area contributed by atoms with Gasteiger partial charge in [-0.15, -0.1) is 0 Å². The molecule has 154 valence electrons. The molecule has 1 aromatic heterocycles. The van der Waals surface area contributed by atoms with E-state index < -0.39 is 17.9 Å². The van der Waals surface area contributed by atoms with Crippen LogP contribution in [0.15, 0.2) is 40.8 Å². The van der Waals surface area contributed by atoms with Crippen LogP contribution >= 0.6 is 0 Å². The Hall–Kier alpha value is -3.62. The summed E-state index contributed by atoms with van der Waals surface area (Å²) in [7, 11) is 0. The van der Waals surface area contributed by atoms with E-state index in [9.17, 15) is 14.4 Å². The Morgan fingerprint density at radius 1 is 1.00 bits per heavy atom. The standard InChI is InChI=1S/C20H22N2O7/c21-19(22)13-3-5-14(6-4-13)29-20(27)16-8-7-15(28-16)11-12(1-9-17(23)24)2-10-18(25)26/h3-8,12H,1-2,9-11H2,(H3,21,22)(H,23,24)(H,25,26). The van der Waals surface area contributed by atoms with Crippen molar-refractivity contribution in [2.45, 2.75) is 32.1 Å². The molecule has 0 unspecified atom stereocenters. The molecule has 5 N–H and O–H groups in total. The van der Waals surface area contributed by atoms with Crippen LogP contribution < -0.4 is 10.5 Å². The molecule has 0 radical (unpaired) electrons. The van der Waals surface area contributed by atoms with E-state index in [1.807, 2.05) is 0 Å². The smallest absolute Gasteiger partial charge is 0.379 e. The first-order chi connectivity index (χ1) is 13.7. The molecule has 0 aliphatic rings. The molecule has 29 heavy (non-hydrogen) atoms. The van der Waals surface area contributed by atoms with Gasteiger partial charge in [-0.25, -0.2) is 4.79 Å². The number of aliphatic carboxylic acids is 2. The zero-order valence-corrected chi connectivity index (χ0v) is 15.6. The Morgan fingerprint density at radius 3 is 2.10 bits per heavy atom. The molecule has 9 heteroatoms. The number of nitrogen functional groups attached to an aromatic ring is 1. The van der Waals surface area contributed by atoms with Gasteiger partial charge in [-0.2, -0.15) is 0 Å². The Labute approximate surface area is 166 Å². The first-order valence-electron chi connectivity index (χ1n) is 8.93. The van der Waals surface area contributed by atoms with Crippen molar-refractivity contribution < 1.29 is 33.8 Å². The number of hydrogen-bond acceptors (Lipinski definition) is 6. The number of carboxylic acids is 2. The summed E-state index contributed by atoms with van der Waals surface area (Å²) in [6, 6.07) is 9.15. The summed E-state index contributed by atoms with van der Waals surface area (Å²) in [6.45, 7) is 0. The van der Waals surface area contributed by atoms with E-state index in [1.54, 1.807) is 18.2 Å². The fraction of sp³-hybridized carbons (Fsp3) is 0.300. The molecule has 0 aliphatic carbocycles. The molecule has 2 aromatic rings. The van der Waals surface area contributed by atoms with Crippen LogP contribution in [-0.4, -0.2) is 34.0 Å². The van der Waals surface area contributed by atoms with Gasteiger partial charge in [0.15, 0.2) is 0 Å². The normalized spacial score (nSPS) is 10.7. The van der Waals surface area contributed by atoms with Crippen molar-refractivity contribution in [1.82, 2.24) is 0 Å². The van der Waals surface area contributed by atoms with E-state index in [0.717, 1.165) is 0 Å². The van der Waals surface area contributed by atoms with Crippen molar-refractivity contribution in [3.8, 4) is 5.75 Å². The maximum atomic E-state index is 12.2. The van der Waals surface area contributed by atoms with Crippen molar-refractivity contribution in [3.63, 3.8) is 0 Å². The Morgan fingerprint density at radius 2 is 1.59 bits per heavy atom. The number of hydrogen-bond donors (Lipinski definition) is 4. The molecular weight excluding hydrogens is 380 g/mol. The van der Waals surface area contributed by atoms with E-state index in [-0.39, 0.29) is 36.1 Å². The highest BCUT2D eigenvalue weighted by atomic mass is 16.5. The molecule has 0 spiro atoms. The molecular formula is C20H22N2O7. The Balaban J connectivity index is 1.99. The monoisotopic (exact) mass is 402 g/mol. The van der Waals surface area contributed by atoms with Crippen LogP contribution in [0.3, 0.4) is 0 Å². The molecule has 0 atom stereocenters. The predicted octanol–water partition coefficient (Wildman–Crippen LogP) is 2.67. The second kappa shape index (κ2) is 10.1. The minimum atomic E-state index is -0.954. The van der Waals surface area contributed by atoms with Gasteiger partial charge in [0.25, 0.3) is 0 Å². The van der Waals surface area contributed by atoms with Crippen LogP contribution in [0.4, 0.5) is 0 Å². The van der Waals surface area contributed by atoms with Crippen molar-refractivity contribution in [2.75, 3.05) is 0 Å². The quantitative estimate of drug-likeness (QED) is 0.193. The first-order valence-corrected chi connectivity index (χ1v) is 8.93. The predicted molar refractivity (Wildman–Crippen MR) is 102 cm³/mol.